The molecule has 0 aliphatic carbocycles. The zero-order valence-electron chi connectivity index (χ0n) is 18.3. The van der Waals surface area contributed by atoms with E-state index in [0.29, 0.717) is 38.2 Å². The molecular formula is C21H28N4O6S. The van der Waals surface area contributed by atoms with Crippen LogP contribution in [0.5, 0.6) is 0 Å². The zero-order chi connectivity index (χ0) is 22.9. The van der Waals surface area contributed by atoms with Crippen LogP contribution >= 0.6 is 0 Å². The maximum atomic E-state index is 13.4. The molecule has 0 N–H and O–H groups in total. The van der Waals surface area contributed by atoms with Gasteiger partial charge in [-0.05, 0) is 51.7 Å². The third-order valence-corrected chi connectivity index (χ3v) is 8.26. The average molecular weight is 465 g/mol. The summed E-state index contributed by atoms with van der Waals surface area (Å²) < 4.78 is 38.0. The van der Waals surface area contributed by atoms with Gasteiger partial charge in [-0.1, -0.05) is 5.16 Å². The molecule has 0 spiro atoms. The second-order valence-corrected chi connectivity index (χ2v) is 10.1. The Morgan fingerprint density at radius 3 is 2.56 bits per heavy atom. The van der Waals surface area contributed by atoms with Gasteiger partial charge in [0, 0.05) is 32.7 Å². The lowest BCUT2D eigenvalue weighted by atomic mass is 10.00. The number of carbonyl (C=O) groups excluding carboxylic acids is 2. The van der Waals surface area contributed by atoms with Gasteiger partial charge >= 0.3 is 0 Å². The highest BCUT2D eigenvalue weighted by molar-refractivity contribution is 7.89. The lowest BCUT2D eigenvalue weighted by Crippen LogP contribution is -2.53. The van der Waals surface area contributed by atoms with E-state index in [1.807, 2.05) is 0 Å². The highest BCUT2D eigenvalue weighted by Crippen LogP contribution is 2.26. The highest BCUT2D eigenvalue weighted by Gasteiger charge is 2.38. The van der Waals surface area contributed by atoms with E-state index in [2.05, 4.69) is 5.16 Å². The number of hydrogen-bond donors (Lipinski definition) is 0. The minimum absolute atomic E-state index is 0.0970. The summed E-state index contributed by atoms with van der Waals surface area (Å²) in [5.41, 5.74) is 0.328. The molecule has 2 aromatic rings. The number of rotatable bonds is 4. The second-order valence-electron chi connectivity index (χ2n) is 8.22. The predicted molar refractivity (Wildman–Crippen MR) is 113 cm³/mol. The van der Waals surface area contributed by atoms with Crippen molar-refractivity contribution in [2.75, 3.05) is 32.7 Å². The van der Waals surface area contributed by atoms with Gasteiger partial charge in [0.05, 0.1) is 6.26 Å². The number of aryl methyl sites for hydroxylation is 2. The summed E-state index contributed by atoms with van der Waals surface area (Å²) in [6.45, 7) is 4.86. The minimum Gasteiger partial charge on any atom is -0.459 e. The van der Waals surface area contributed by atoms with E-state index in [9.17, 15) is 18.0 Å². The van der Waals surface area contributed by atoms with E-state index in [1.165, 1.54) is 10.6 Å². The molecule has 32 heavy (non-hydrogen) atoms. The SMILES string of the molecule is Cc1noc(C)c1S(=O)(=O)N1CCCN(C(=O)C2CCCCN2C(=O)c2ccco2)CC1. The van der Waals surface area contributed by atoms with Crippen molar-refractivity contribution < 1.29 is 26.9 Å². The van der Waals surface area contributed by atoms with E-state index in [1.54, 1.807) is 35.8 Å². The Bertz CT molecular complexity index is 1060. The van der Waals surface area contributed by atoms with E-state index >= 15 is 0 Å². The second kappa shape index (κ2) is 9.07. The summed E-state index contributed by atoms with van der Waals surface area (Å²) >= 11 is 0. The molecular weight excluding hydrogens is 436 g/mol. The number of hydrogen-bond acceptors (Lipinski definition) is 7. The first-order valence-electron chi connectivity index (χ1n) is 10.9. The molecule has 4 heterocycles. The van der Waals surface area contributed by atoms with E-state index < -0.39 is 16.1 Å². The van der Waals surface area contributed by atoms with Gasteiger partial charge in [0.2, 0.25) is 15.9 Å². The lowest BCUT2D eigenvalue weighted by Gasteiger charge is -2.37. The van der Waals surface area contributed by atoms with Crippen molar-refractivity contribution in [1.82, 2.24) is 19.3 Å². The van der Waals surface area contributed by atoms with Gasteiger partial charge in [0.1, 0.15) is 16.6 Å². The van der Waals surface area contributed by atoms with Crippen LogP contribution in [0.25, 0.3) is 0 Å². The molecule has 2 fully saturated rings. The van der Waals surface area contributed by atoms with Crippen molar-refractivity contribution in [2.45, 2.75) is 50.5 Å². The van der Waals surface area contributed by atoms with Crippen LogP contribution in [0.15, 0.2) is 32.2 Å². The molecule has 2 amide bonds. The van der Waals surface area contributed by atoms with Crippen LogP contribution in [-0.4, -0.2) is 78.3 Å². The number of nitrogens with zero attached hydrogens (tertiary/aromatic N) is 4. The molecule has 0 aromatic carbocycles. The van der Waals surface area contributed by atoms with Crippen LogP contribution in [0.2, 0.25) is 0 Å². The van der Waals surface area contributed by atoms with Gasteiger partial charge in [-0.15, -0.1) is 0 Å². The predicted octanol–water partition coefficient (Wildman–Crippen LogP) is 1.80. The maximum Gasteiger partial charge on any atom is 0.290 e. The normalized spacial score (nSPS) is 20.9. The smallest absolute Gasteiger partial charge is 0.290 e. The minimum atomic E-state index is -3.77. The maximum absolute atomic E-state index is 13.4. The van der Waals surface area contributed by atoms with Crippen molar-refractivity contribution in [1.29, 1.82) is 0 Å². The van der Waals surface area contributed by atoms with Crippen molar-refractivity contribution >= 4 is 21.8 Å². The van der Waals surface area contributed by atoms with Crippen LogP contribution in [0, 0.1) is 13.8 Å². The summed E-state index contributed by atoms with van der Waals surface area (Å²) in [5.74, 6) is 0.0536. The first-order valence-corrected chi connectivity index (χ1v) is 12.3. The van der Waals surface area contributed by atoms with E-state index in [0.717, 1.165) is 12.8 Å². The fourth-order valence-electron chi connectivity index (χ4n) is 4.51. The Kier molecular flexibility index (Phi) is 6.38. The van der Waals surface area contributed by atoms with Gasteiger partial charge in [-0.25, -0.2) is 8.42 Å². The van der Waals surface area contributed by atoms with Crippen LogP contribution in [0.4, 0.5) is 0 Å². The molecule has 2 aromatic heterocycles. The Balaban J connectivity index is 1.48. The lowest BCUT2D eigenvalue weighted by molar-refractivity contribution is -0.137. The fraction of sp³-hybridized carbons (Fsp3) is 0.571. The van der Waals surface area contributed by atoms with Crippen LogP contribution in [0.3, 0.4) is 0 Å². The van der Waals surface area contributed by atoms with Crippen LogP contribution < -0.4 is 0 Å². The number of piperidine rings is 1. The molecule has 2 saturated heterocycles. The van der Waals surface area contributed by atoms with Gasteiger partial charge in [0.25, 0.3) is 5.91 Å². The molecule has 0 saturated carbocycles. The number of carbonyl (C=O) groups is 2. The average Bonchev–Trinajstić information content (AvgIpc) is 3.35. The third kappa shape index (κ3) is 4.18. The number of aromatic nitrogens is 1. The highest BCUT2D eigenvalue weighted by atomic mass is 32.2. The van der Waals surface area contributed by atoms with Gasteiger partial charge < -0.3 is 18.7 Å². The third-order valence-electron chi connectivity index (χ3n) is 6.11. The molecule has 1 unspecified atom stereocenters. The van der Waals surface area contributed by atoms with Gasteiger partial charge in [0.15, 0.2) is 11.5 Å². The first kappa shape index (κ1) is 22.5. The molecule has 4 rings (SSSR count). The topological polar surface area (TPSA) is 117 Å². The number of sulfonamides is 1. The summed E-state index contributed by atoms with van der Waals surface area (Å²) in [5, 5.41) is 3.76. The monoisotopic (exact) mass is 464 g/mol. The molecule has 0 radical (unpaired) electrons. The van der Waals surface area contributed by atoms with Crippen molar-refractivity contribution in [3.63, 3.8) is 0 Å². The Morgan fingerprint density at radius 1 is 1.06 bits per heavy atom. The number of amides is 2. The molecule has 10 nitrogen and oxygen atoms in total. The Hall–Kier alpha value is -2.66. The largest absolute Gasteiger partial charge is 0.459 e. The van der Waals surface area contributed by atoms with Crippen molar-refractivity contribution in [3.8, 4) is 0 Å². The Morgan fingerprint density at radius 2 is 1.88 bits per heavy atom. The standard InChI is InChI=1S/C21H28N4O6S/c1-15-19(16(2)31-22-15)32(28,29)24-10-6-9-23(12-13-24)20(26)17-7-3-4-11-25(17)21(27)18-8-5-14-30-18/h5,8,14,17H,3-4,6-7,9-13H2,1-2H3. The molecule has 2 aliphatic heterocycles. The molecule has 1 atom stereocenters. The summed E-state index contributed by atoms with van der Waals surface area (Å²) in [6, 6.07) is 2.69. The first-order chi connectivity index (χ1) is 15.3. The summed E-state index contributed by atoms with van der Waals surface area (Å²) in [4.78, 5) is 29.6. The molecule has 0 bridgehead atoms. The van der Waals surface area contributed by atoms with E-state index in [4.69, 9.17) is 8.94 Å². The zero-order valence-corrected chi connectivity index (χ0v) is 19.1. The molecule has 11 heteroatoms. The van der Waals surface area contributed by atoms with Crippen LogP contribution in [0.1, 0.15) is 47.7 Å². The molecule has 174 valence electrons. The van der Waals surface area contributed by atoms with Crippen LogP contribution in [-0.2, 0) is 14.8 Å². The summed E-state index contributed by atoms with van der Waals surface area (Å²) in [7, 11) is -3.77. The fourth-order valence-corrected chi connectivity index (χ4v) is 6.27. The van der Waals surface area contributed by atoms with Gasteiger partial charge in [-0.3, -0.25) is 9.59 Å². The Labute approximate surface area is 187 Å². The van der Waals surface area contributed by atoms with Gasteiger partial charge in [-0.2, -0.15) is 4.31 Å². The molecule has 2 aliphatic rings. The van der Waals surface area contributed by atoms with Crippen molar-refractivity contribution in [3.05, 3.63) is 35.6 Å². The quantitative estimate of drug-likeness (QED) is 0.677. The van der Waals surface area contributed by atoms with Crippen molar-refractivity contribution in [2.24, 2.45) is 0 Å². The summed E-state index contributed by atoms with van der Waals surface area (Å²) in [6.07, 6.45) is 4.23. The number of likely N-dealkylation sites (tertiary alicyclic amines) is 1. The van der Waals surface area contributed by atoms with E-state index in [-0.39, 0.29) is 41.3 Å². The number of furan rings is 1.